The van der Waals surface area contributed by atoms with Crippen molar-refractivity contribution in [2.75, 3.05) is 0 Å². The Morgan fingerprint density at radius 1 is 1.07 bits per heavy atom. The van der Waals surface area contributed by atoms with Crippen LogP contribution in [0.5, 0.6) is 0 Å². The van der Waals surface area contributed by atoms with Gasteiger partial charge in [-0.05, 0) is 88.2 Å². The molecule has 1 aromatic carbocycles. The lowest BCUT2D eigenvalue weighted by Crippen LogP contribution is -2.49. The molecule has 0 spiro atoms. The van der Waals surface area contributed by atoms with Gasteiger partial charge < -0.3 is 22.5 Å². The summed E-state index contributed by atoms with van der Waals surface area (Å²) in [7, 11) is -6.00. The Labute approximate surface area is 176 Å². The summed E-state index contributed by atoms with van der Waals surface area (Å²) in [6.07, 6.45) is 7.02. The van der Waals surface area contributed by atoms with Crippen molar-refractivity contribution >= 4 is 50.5 Å². The molecule has 4 saturated carbocycles. The van der Waals surface area contributed by atoms with Crippen LogP contribution in [0.15, 0.2) is 26.2 Å². The van der Waals surface area contributed by atoms with E-state index in [1.807, 2.05) is 0 Å². The van der Waals surface area contributed by atoms with Crippen LogP contribution in [-0.2, 0) is 0 Å². The first-order chi connectivity index (χ1) is 13.0. The normalized spacial score (nSPS) is 31.2. The SMILES string of the molecule is F[B-](F)(F)F.N#[N+]c1c(Br)cc(Br)cc1[N+]([O-])=NC12CC3CC(CC(C3)C1)C2. The quantitative estimate of drug-likeness (QED) is 0.0994. The van der Waals surface area contributed by atoms with Crippen LogP contribution < -0.4 is 0 Å². The van der Waals surface area contributed by atoms with Gasteiger partial charge in [-0.2, -0.15) is 0 Å². The third-order valence-electron chi connectivity index (χ3n) is 5.62. The Balaban J connectivity index is 0.000000403. The van der Waals surface area contributed by atoms with Gasteiger partial charge in [0.2, 0.25) is 5.39 Å². The van der Waals surface area contributed by atoms with E-state index in [-0.39, 0.29) is 16.9 Å². The van der Waals surface area contributed by atoms with E-state index in [9.17, 15) is 27.9 Å². The number of nitrogens with zero attached hydrogens (tertiary/aromatic N) is 4. The number of benzene rings is 1. The van der Waals surface area contributed by atoms with Crippen molar-refractivity contribution in [3.05, 3.63) is 31.3 Å². The highest BCUT2D eigenvalue weighted by Gasteiger charge is 2.53. The minimum absolute atomic E-state index is 0.210. The Morgan fingerprint density at radius 3 is 1.96 bits per heavy atom. The lowest BCUT2D eigenvalue weighted by Gasteiger charge is -2.53. The van der Waals surface area contributed by atoms with Gasteiger partial charge in [0.05, 0.1) is 0 Å². The van der Waals surface area contributed by atoms with Crippen LogP contribution in [-0.4, -0.2) is 17.7 Å². The molecule has 4 aliphatic rings. The smallest absolute Gasteiger partial charge is 0.594 e. The average Bonchev–Trinajstić information content (AvgIpc) is 2.50. The molecule has 4 aliphatic carbocycles. The van der Waals surface area contributed by atoms with Crippen LogP contribution in [0.3, 0.4) is 0 Å². The molecular weight excluding hydrogens is 511 g/mol. The van der Waals surface area contributed by atoms with Crippen LogP contribution >= 0.6 is 31.9 Å². The third-order valence-corrected chi connectivity index (χ3v) is 6.69. The van der Waals surface area contributed by atoms with Gasteiger partial charge in [0, 0.05) is 10.5 Å². The summed E-state index contributed by atoms with van der Waals surface area (Å²) in [6, 6.07) is 3.40. The van der Waals surface area contributed by atoms with Gasteiger partial charge in [-0.3, -0.25) is 0 Å². The zero-order valence-electron chi connectivity index (χ0n) is 14.7. The second-order valence-electron chi connectivity index (χ2n) is 7.87. The first kappa shape index (κ1) is 21.5. The molecular formula is C16H17BBr2F4N4O. The number of diazo groups is 1. The van der Waals surface area contributed by atoms with E-state index in [2.05, 4.69) is 42.0 Å². The fraction of sp³-hybridized carbons (Fsp3) is 0.625. The molecule has 0 aliphatic heterocycles. The summed E-state index contributed by atoms with van der Waals surface area (Å²) in [6.45, 7) is 0. The molecule has 0 N–H and O–H groups in total. The number of hydrogen-bond acceptors (Lipinski definition) is 3. The predicted octanol–water partition coefficient (Wildman–Crippen LogP) is 7.56. The Bertz CT molecular complexity index is 802. The molecule has 4 fully saturated rings. The standard InChI is InChI=1S/C16H17Br2N4O.BF4/c17-12-4-13(18)15(20-19)14(5-12)22(23)21-16-6-9-1-10(7-16)3-11(2-9)8-16;2-1(3,4)5/h4-5,9-11H,1-3,6-8H2;/q+1;-1. The van der Waals surface area contributed by atoms with Gasteiger partial charge in [0.25, 0.3) is 0 Å². The molecule has 1 aromatic rings. The van der Waals surface area contributed by atoms with E-state index in [0.29, 0.717) is 9.33 Å². The van der Waals surface area contributed by atoms with Gasteiger partial charge in [-0.15, -0.1) is 0 Å². The largest absolute Gasteiger partial charge is 0.673 e. The highest BCUT2D eigenvalue weighted by atomic mass is 79.9. The van der Waals surface area contributed by atoms with Crippen LogP contribution in [0, 0.1) is 28.4 Å². The van der Waals surface area contributed by atoms with Crippen molar-refractivity contribution in [1.29, 1.82) is 5.39 Å². The zero-order valence-corrected chi connectivity index (χ0v) is 17.8. The molecule has 0 heterocycles. The number of rotatable bonds is 2. The van der Waals surface area contributed by atoms with Gasteiger partial charge in [0.15, 0.2) is 4.98 Å². The van der Waals surface area contributed by atoms with E-state index < -0.39 is 7.25 Å². The van der Waals surface area contributed by atoms with Crippen LogP contribution in [0.1, 0.15) is 38.5 Å². The third kappa shape index (κ3) is 5.03. The average molecular weight is 528 g/mol. The van der Waals surface area contributed by atoms with Crippen LogP contribution in [0.25, 0.3) is 4.98 Å². The Kier molecular flexibility index (Phi) is 6.06. The molecule has 0 atom stereocenters. The van der Waals surface area contributed by atoms with Gasteiger partial charge in [-0.1, -0.05) is 15.9 Å². The zero-order chi connectivity index (χ0) is 20.7. The molecule has 12 heteroatoms. The van der Waals surface area contributed by atoms with Crippen molar-refractivity contribution in [1.82, 2.24) is 0 Å². The molecule has 152 valence electrons. The van der Waals surface area contributed by atoms with E-state index in [0.717, 1.165) is 41.5 Å². The molecule has 0 unspecified atom stereocenters. The van der Waals surface area contributed by atoms with Gasteiger partial charge in [0.1, 0.15) is 10.0 Å². The fourth-order valence-corrected chi connectivity index (χ4v) is 6.51. The number of halogens is 6. The lowest BCUT2D eigenvalue weighted by molar-refractivity contribution is -0.453. The molecule has 0 amide bonds. The molecule has 5 rings (SSSR count). The highest BCUT2D eigenvalue weighted by Crippen LogP contribution is 2.57. The van der Waals surface area contributed by atoms with Crippen LogP contribution in [0.4, 0.5) is 28.6 Å². The molecule has 0 aromatic heterocycles. The monoisotopic (exact) mass is 526 g/mol. The number of azo groups is 1. The second kappa shape index (κ2) is 7.90. The van der Waals surface area contributed by atoms with Crippen molar-refractivity contribution in [2.45, 2.75) is 44.1 Å². The molecule has 4 bridgehead atoms. The van der Waals surface area contributed by atoms with Crippen molar-refractivity contribution in [3.8, 4) is 0 Å². The van der Waals surface area contributed by atoms with E-state index in [4.69, 9.17) is 0 Å². The molecule has 0 radical (unpaired) electrons. The summed E-state index contributed by atoms with van der Waals surface area (Å²) < 4.78 is 40.3. The summed E-state index contributed by atoms with van der Waals surface area (Å²) in [5.41, 5.74) is 0.277. The molecule has 0 saturated heterocycles. The van der Waals surface area contributed by atoms with E-state index in [1.165, 1.54) is 19.3 Å². The van der Waals surface area contributed by atoms with Crippen LogP contribution in [0.2, 0.25) is 0 Å². The van der Waals surface area contributed by atoms with Gasteiger partial charge in [-0.25, -0.2) is 0 Å². The maximum atomic E-state index is 12.8. The van der Waals surface area contributed by atoms with Gasteiger partial charge >= 0.3 is 18.6 Å². The minimum Gasteiger partial charge on any atom is -0.594 e. The lowest BCUT2D eigenvalue weighted by atomic mass is 9.53. The Morgan fingerprint density at radius 2 is 1.54 bits per heavy atom. The summed E-state index contributed by atoms with van der Waals surface area (Å²) in [5.74, 6) is 2.19. The molecule has 28 heavy (non-hydrogen) atoms. The van der Waals surface area contributed by atoms with Crippen molar-refractivity contribution in [3.63, 3.8) is 0 Å². The summed E-state index contributed by atoms with van der Waals surface area (Å²) in [4.78, 5) is 3.94. The Hall–Kier alpha value is -1.22. The number of hydrogen-bond donors (Lipinski definition) is 0. The maximum Gasteiger partial charge on any atom is 0.673 e. The van der Waals surface area contributed by atoms with E-state index in [1.54, 1.807) is 12.1 Å². The topological polar surface area (TPSA) is 66.6 Å². The van der Waals surface area contributed by atoms with Crippen molar-refractivity contribution in [2.24, 2.45) is 22.9 Å². The molecule has 5 nitrogen and oxygen atoms in total. The minimum atomic E-state index is -6.00. The summed E-state index contributed by atoms with van der Waals surface area (Å²) in [5, 5.41) is 26.6. The highest BCUT2D eigenvalue weighted by molar-refractivity contribution is 9.11. The van der Waals surface area contributed by atoms with E-state index >= 15 is 0 Å². The first-order valence-electron chi connectivity index (χ1n) is 8.89. The van der Waals surface area contributed by atoms with Crippen molar-refractivity contribution < 1.29 is 22.1 Å². The first-order valence-corrected chi connectivity index (χ1v) is 10.5. The fourth-order valence-electron chi connectivity index (χ4n) is 5.23. The summed E-state index contributed by atoms with van der Waals surface area (Å²) >= 11 is 6.71. The predicted molar refractivity (Wildman–Crippen MR) is 103 cm³/mol. The maximum absolute atomic E-state index is 12.8. The second-order valence-corrected chi connectivity index (χ2v) is 9.64.